The molecule has 1 aliphatic heterocycles. The van der Waals surface area contributed by atoms with Crippen molar-refractivity contribution >= 4 is 23.4 Å². The molecule has 0 spiro atoms. The second-order valence-electron chi connectivity index (χ2n) is 6.05. The lowest BCUT2D eigenvalue weighted by molar-refractivity contribution is -0.141. The fourth-order valence-corrected chi connectivity index (χ4v) is 2.97. The lowest BCUT2D eigenvalue weighted by Crippen LogP contribution is -2.54. The summed E-state index contributed by atoms with van der Waals surface area (Å²) in [7, 11) is 1.94. The van der Waals surface area contributed by atoms with E-state index >= 15 is 0 Å². The summed E-state index contributed by atoms with van der Waals surface area (Å²) in [5, 5.41) is 0.704. The van der Waals surface area contributed by atoms with Crippen LogP contribution < -0.4 is 0 Å². The number of likely N-dealkylation sites (N-methyl/N-ethyl adjacent to an activating group) is 1. The molecule has 0 aliphatic carbocycles. The van der Waals surface area contributed by atoms with E-state index < -0.39 is 0 Å². The van der Waals surface area contributed by atoms with Crippen LogP contribution in [0.25, 0.3) is 0 Å². The Balaban J connectivity index is 1.90. The van der Waals surface area contributed by atoms with Gasteiger partial charge in [-0.1, -0.05) is 23.7 Å². The molecule has 2 rings (SSSR count). The van der Waals surface area contributed by atoms with E-state index in [1.54, 1.807) is 11.8 Å². The fourth-order valence-electron chi connectivity index (χ4n) is 2.75. The van der Waals surface area contributed by atoms with Crippen LogP contribution in [0.15, 0.2) is 24.3 Å². The van der Waals surface area contributed by atoms with Crippen LogP contribution in [0, 0.1) is 0 Å². The van der Waals surface area contributed by atoms with Gasteiger partial charge >= 0.3 is 0 Å². The molecule has 23 heavy (non-hydrogen) atoms. The van der Waals surface area contributed by atoms with Crippen LogP contribution in [0.3, 0.4) is 0 Å². The molecule has 0 radical (unpaired) electrons. The van der Waals surface area contributed by atoms with Gasteiger partial charge in [-0.2, -0.15) is 0 Å². The minimum atomic E-state index is -0.210. The highest BCUT2D eigenvalue weighted by Gasteiger charge is 2.27. The van der Waals surface area contributed by atoms with Crippen molar-refractivity contribution < 1.29 is 9.59 Å². The SMILES string of the molecule is CC(=O)N1CCN(C(=O)C(C)N(C)Cc2cccc(Cl)c2)CC1. The maximum Gasteiger partial charge on any atom is 0.239 e. The lowest BCUT2D eigenvalue weighted by Gasteiger charge is -2.37. The predicted molar refractivity (Wildman–Crippen MR) is 91.2 cm³/mol. The van der Waals surface area contributed by atoms with Gasteiger partial charge in [-0.05, 0) is 31.7 Å². The molecule has 5 nitrogen and oxygen atoms in total. The highest BCUT2D eigenvalue weighted by molar-refractivity contribution is 6.30. The zero-order valence-corrected chi connectivity index (χ0v) is 14.7. The first kappa shape index (κ1) is 17.8. The molecule has 2 amide bonds. The van der Waals surface area contributed by atoms with E-state index in [9.17, 15) is 9.59 Å². The summed E-state index contributed by atoms with van der Waals surface area (Å²) >= 11 is 6.01. The Morgan fingerprint density at radius 1 is 1.22 bits per heavy atom. The minimum absolute atomic E-state index is 0.0724. The van der Waals surface area contributed by atoms with Gasteiger partial charge in [-0.3, -0.25) is 14.5 Å². The predicted octanol–water partition coefficient (Wildman–Crippen LogP) is 1.85. The quantitative estimate of drug-likeness (QED) is 0.842. The average molecular weight is 338 g/mol. The summed E-state index contributed by atoms with van der Waals surface area (Å²) in [5.74, 6) is 0.181. The maximum absolute atomic E-state index is 12.6. The van der Waals surface area contributed by atoms with Crippen LogP contribution in [0.2, 0.25) is 5.02 Å². The minimum Gasteiger partial charge on any atom is -0.339 e. The van der Waals surface area contributed by atoms with E-state index in [0.717, 1.165) is 5.56 Å². The van der Waals surface area contributed by atoms with Crippen molar-refractivity contribution in [3.05, 3.63) is 34.9 Å². The van der Waals surface area contributed by atoms with Crippen LogP contribution >= 0.6 is 11.6 Å². The van der Waals surface area contributed by atoms with Crippen LogP contribution in [-0.4, -0.2) is 65.8 Å². The number of hydrogen-bond acceptors (Lipinski definition) is 3. The Hall–Kier alpha value is -1.59. The number of nitrogens with zero attached hydrogens (tertiary/aromatic N) is 3. The molecule has 1 aromatic rings. The molecule has 1 atom stereocenters. The van der Waals surface area contributed by atoms with Crippen molar-refractivity contribution in [2.75, 3.05) is 33.2 Å². The monoisotopic (exact) mass is 337 g/mol. The molecule has 126 valence electrons. The van der Waals surface area contributed by atoms with Gasteiger partial charge in [0.05, 0.1) is 6.04 Å². The molecular formula is C17H24ClN3O2. The number of benzene rings is 1. The van der Waals surface area contributed by atoms with E-state index in [0.29, 0.717) is 37.7 Å². The third kappa shape index (κ3) is 4.69. The molecule has 6 heteroatoms. The molecule has 1 aromatic carbocycles. The highest BCUT2D eigenvalue weighted by Crippen LogP contribution is 2.14. The van der Waals surface area contributed by atoms with Crippen molar-refractivity contribution in [3.63, 3.8) is 0 Å². The van der Waals surface area contributed by atoms with E-state index in [1.807, 2.05) is 48.0 Å². The summed E-state index contributed by atoms with van der Waals surface area (Å²) < 4.78 is 0. The molecule has 1 aliphatic rings. The molecule has 0 N–H and O–H groups in total. The van der Waals surface area contributed by atoms with E-state index in [1.165, 1.54) is 0 Å². The van der Waals surface area contributed by atoms with Gasteiger partial charge in [0.25, 0.3) is 0 Å². The molecule has 0 bridgehead atoms. The molecule has 0 saturated carbocycles. The van der Waals surface area contributed by atoms with E-state index in [4.69, 9.17) is 11.6 Å². The normalized spacial score (nSPS) is 16.6. The summed E-state index contributed by atoms with van der Waals surface area (Å²) in [5.41, 5.74) is 1.08. The average Bonchev–Trinajstić information content (AvgIpc) is 2.53. The van der Waals surface area contributed by atoms with Gasteiger partial charge in [0.15, 0.2) is 0 Å². The fraction of sp³-hybridized carbons (Fsp3) is 0.529. The largest absolute Gasteiger partial charge is 0.339 e. The summed E-state index contributed by atoms with van der Waals surface area (Å²) in [6.45, 7) is 6.60. The maximum atomic E-state index is 12.6. The van der Waals surface area contributed by atoms with Crippen LogP contribution in [0.4, 0.5) is 0 Å². The van der Waals surface area contributed by atoms with Gasteiger partial charge in [0.2, 0.25) is 11.8 Å². The van der Waals surface area contributed by atoms with Crippen LogP contribution in [0.5, 0.6) is 0 Å². The Morgan fingerprint density at radius 3 is 2.39 bits per heavy atom. The summed E-state index contributed by atoms with van der Waals surface area (Å²) in [6, 6.07) is 7.47. The van der Waals surface area contributed by atoms with Gasteiger partial charge in [-0.15, -0.1) is 0 Å². The molecular weight excluding hydrogens is 314 g/mol. The number of carbonyl (C=O) groups excluding carboxylic acids is 2. The Labute approximate surface area is 142 Å². The number of carbonyl (C=O) groups is 2. The number of piperazine rings is 1. The third-order valence-corrected chi connectivity index (χ3v) is 4.61. The van der Waals surface area contributed by atoms with Crippen molar-refractivity contribution in [1.82, 2.24) is 14.7 Å². The van der Waals surface area contributed by atoms with Gasteiger partial charge in [0.1, 0.15) is 0 Å². The first-order chi connectivity index (χ1) is 10.9. The number of halogens is 1. The second kappa shape index (κ2) is 7.79. The zero-order chi connectivity index (χ0) is 17.0. The first-order valence-electron chi connectivity index (χ1n) is 7.87. The van der Waals surface area contributed by atoms with E-state index in [-0.39, 0.29) is 17.9 Å². The van der Waals surface area contributed by atoms with Crippen molar-refractivity contribution in [3.8, 4) is 0 Å². The lowest BCUT2D eigenvalue weighted by atomic mass is 10.1. The third-order valence-electron chi connectivity index (χ3n) is 4.38. The Morgan fingerprint density at radius 2 is 1.83 bits per heavy atom. The number of rotatable bonds is 4. The second-order valence-corrected chi connectivity index (χ2v) is 6.49. The molecule has 0 aromatic heterocycles. The van der Waals surface area contributed by atoms with Crippen LogP contribution in [0.1, 0.15) is 19.4 Å². The van der Waals surface area contributed by atoms with Gasteiger partial charge in [-0.25, -0.2) is 0 Å². The standard InChI is InChI=1S/C17H24ClN3O2/c1-13(19(3)12-15-5-4-6-16(18)11-15)17(23)21-9-7-20(8-10-21)14(2)22/h4-6,11,13H,7-10,12H2,1-3H3. The van der Waals surface area contributed by atoms with E-state index in [2.05, 4.69) is 0 Å². The molecule has 1 fully saturated rings. The smallest absolute Gasteiger partial charge is 0.239 e. The van der Waals surface area contributed by atoms with Crippen LogP contribution in [-0.2, 0) is 16.1 Å². The Kier molecular flexibility index (Phi) is 6.02. The number of amides is 2. The zero-order valence-electron chi connectivity index (χ0n) is 14.0. The first-order valence-corrected chi connectivity index (χ1v) is 8.25. The van der Waals surface area contributed by atoms with Gasteiger partial charge in [0, 0.05) is 44.7 Å². The molecule has 1 heterocycles. The topological polar surface area (TPSA) is 43.9 Å². The Bertz CT molecular complexity index is 571. The summed E-state index contributed by atoms with van der Waals surface area (Å²) in [6.07, 6.45) is 0. The summed E-state index contributed by atoms with van der Waals surface area (Å²) in [4.78, 5) is 29.6. The highest BCUT2D eigenvalue weighted by atomic mass is 35.5. The molecule has 1 unspecified atom stereocenters. The number of hydrogen-bond donors (Lipinski definition) is 0. The van der Waals surface area contributed by atoms with Crippen molar-refractivity contribution in [2.45, 2.75) is 26.4 Å². The molecule has 1 saturated heterocycles. The van der Waals surface area contributed by atoms with Crippen molar-refractivity contribution in [2.24, 2.45) is 0 Å². The van der Waals surface area contributed by atoms with Gasteiger partial charge < -0.3 is 9.80 Å². The van der Waals surface area contributed by atoms with Crippen molar-refractivity contribution in [1.29, 1.82) is 0 Å².